The van der Waals surface area contributed by atoms with Crippen LogP contribution in [0.15, 0.2) is 0 Å². The van der Waals surface area contributed by atoms with Gasteiger partial charge in [-0.3, -0.25) is 4.79 Å². The Morgan fingerprint density at radius 3 is 2.89 bits per heavy atom. The van der Waals surface area contributed by atoms with Crippen molar-refractivity contribution in [1.29, 1.82) is 0 Å². The number of carbonyl (C=O) groups excluding carboxylic acids is 1. The van der Waals surface area contributed by atoms with Gasteiger partial charge in [-0.2, -0.15) is 0 Å². The Labute approximate surface area is 53.1 Å². The van der Waals surface area contributed by atoms with E-state index in [1.807, 2.05) is 0 Å². The third-order valence-corrected chi connectivity index (χ3v) is 2.36. The Balaban J connectivity index is 2.06. The zero-order chi connectivity index (χ0) is 6.43. The smallest absolute Gasteiger partial charge is 0.223 e. The maximum absolute atomic E-state index is 10.8. The molecule has 0 aromatic carbocycles. The summed E-state index contributed by atoms with van der Waals surface area (Å²) in [7, 11) is 0. The number of carbonyl (C=O) groups is 1. The fourth-order valence-electron chi connectivity index (χ4n) is 1.70. The first-order chi connectivity index (χ1) is 4.34. The van der Waals surface area contributed by atoms with Gasteiger partial charge < -0.3 is 10.4 Å². The van der Waals surface area contributed by atoms with Crippen LogP contribution >= 0.6 is 0 Å². The molecule has 1 heterocycles. The van der Waals surface area contributed by atoms with Crippen molar-refractivity contribution in [2.75, 3.05) is 13.2 Å². The van der Waals surface area contributed by atoms with Crippen molar-refractivity contribution in [3.63, 3.8) is 0 Å². The van der Waals surface area contributed by atoms with Crippen LogP contribution in [0.5, 0.6) is 0 Å². The molecule has 1 saturated heterocycles. The van der Waals surface area contributed by atoms with Crippen molar-refractivity contribution >= 4 is 5.91 Å². The largest absolute Gasteiger partial charge is 0.396 e. The van der Waals surface area contributed by atoms with Crippen molar-refractivity contribution in [3.8, 4) is 0 Å². The lowest BCUT2D eigenvalue weighted by molar-refractivity contribution is -0.121. The second-order valence-electron chi connectivity index (χ2n) is 2.78. The van der Waals surface area contributed by atoms with Crippen LogP contribution in [-0.2, 0) is 4.79 Å². The third-order valence-electron chi connectivity index (χ3n) is 2.36. The lowest BCUT2D eigenvalue weighted by Gasteiger charge is -1.97. The van der Waals surface area contributed by atoms with Gasteiger partial charge >= 0.3 is 0 Å². The van der Waals surface area contributed by atoms with Crippen LogP contribution in [0.4, 0.5) is 0 Å². The molecule has 50 valence electrons. The van der Waals surface area contributed by atoms with Crippen molar-refractivity contribution < 1.29 is 9.90 Å². The molecule has 0 unspecified atom stereocenters. The molecule has 2 N–H and O–H groups in total. The molecule has 9 heavy (non-hydrogen) atoms. The fraction of sp³-hybridized carbons (Fsp3) is 0.833. The predicted octanol–water partition coefficient (Wildman–Crippen LogP) is -1.03. The van der Waals surface area contributed by atoms with E-state index in [0.29, 0.717) is 11.8 Å². The second kappa shape index (κ2) is 1.48. The Bertz CT molecular complexity index is 153. The van der Waals surface area contributed by atoms with Gasteiger partial charge in [-0.1, -0.05) is 0 Å². The van der Waals surface area contributed by atoms with Crippen molar-refractivity contribution in [1.82, 2.24) is 5.32 Å². The highest BCUT2D eigenvalue weighted by atomic mass is 16.3. The predicted molar refractivity (Wildman–Crippen MR) is 30.6 cm³/mol. The summed E-state index contributed by atoms with van der Waals surface area (Å²) in [4.78, 5) is 10.8. The Kier molecular flexibility index (Phi) is 0.858. The quantitative estimate of drug-likeness (QED) is 0.473. The molecule has 1 amide bonds. The van der Waals surface area contributed by atoms with E-state index < -0.39 is 0 Å². The van der Waals surface area contributed by atoms with Crippen LogP contribution in [0.25, 0.3) is 0 Å². The zero-order valence-electron chi connectivity index (χ0n) is 5.00. The molecule has 3 heteroatoms. The van der Waals surface area contributed by atoms with Gasteiger partial charge in [0, 0.05) is 19.1 Å². The summed E-state index contributed by atoms with van der Waals surface area (Å²) in [5.74, 6) is 1.05. The molecule has 2 fully saturated rings. The summed E-state index contributed by atoms with van der Waals surface area (Å²) in [6.07, 6.45) is 0. The van der Waals surface area contributed by atoms with E-state index in [1.54, 1.807) is 0 Å². The number of rotatable bonds is 1. The average molecular weight is 127 g/mol. The van der Waals surface area contributed by atoms with Gasteiger partial charge in [0.2, 0.25) is 5.91 Å². The van der Waals surface area contributed by atoms with E-state index in [1.165, 1.54) is 0 Å². The van der Waals surface area contributed by atoms with Crippen LogP contribution in [0.2, 0.25) is 0 Å². The number of aliphatic hydroxyl groups is 1. The van der Waals surface area contributed by atoms with Gasteiger partial charge in [0.15, 0.2) is 0 Å². The standard InChI is InChI=1S/C6H9NO2/c8-2-4-3-1-7-6(9)5(3)4/h3-5,8H,1-2H2,(H,7,9)/t3-,4+,5-/m0/s1. The van der Waals surface area contributed by atoms with Gasteiger partial charge in [-0.05, 0) is 11.8 Å². The Morgan fingerprint density at radius 1 is 1.78 bits per heavy atom. The van der Waals surface area contributed by atoms with Gasteiger partial charge in [0.25, 0.3) is 0 Å². The number of aliphatic hydroxyl groups excluding tert-OH is 1. The number of hydrogen-bond donors (Lipinski definition) is 2. The maximum Gasteiger partial charge on any atom is 0.223 e. The summed E-state index contributed by atoms with van der Waals surface area (Å²) in [5.41, 5.74) is 0. The number of hydrogen-bond acceptors (Lipinski definition) is 2. The van der Waals surface area contributed by atoms with Crippen molar-refractivity contribution in [2.24, 2.45) is 17.8 Å². The monoisotopic (exact) mass is 127 g/mol. The van der Waals surface area contributed by atoms with Crippen molar-refractivity contribution in [2.45, 2.75) is 0 Å². The number of fused-ring (bicyclic) bond motifs is 1. The summed E-state index contributed by atoms with van der Waals surface area (Å²) in [6, 6.07) is 0. The highest BCUT2D eigenvalue weighted by Crippen LogP contribution is 2.48. The van der Waals surface area contributed by atoms with E-state index in [-0.39, 0.29) is 18.4 Å². The van der Waals surface area contributed by atoms with E-state index in [0.717, 1.165) is 6.54 Å². The van der Waals surface area contributed by atoms with Gasteiger partial charge in [0.05, 0.1) is 0 Å². The Hall–Kier alpha value is -0.570. The van der Waals surface area contributed by atoms with Crippen LogP contribution in [0.1, 0.15) is 0 Å². The van der Waals surface area contributed by atoms with Crippen LogP contribution < -0.4 is 5.32 Å². The summed E-state index contributed by atoms with van der Waals surface area (Å²) >= 11 is 0. The zero-order valence-corrected chi connectivity index (χ0v) is 5.00. The minimum absolute atomic E-state index is 0.138. The normalized spacial score (nSPS) is 46.3. The topological polar surface area (TPSA) is 49.3 Å². The van der Waals surface area contributed by atoms with Gasteiger partial charge in [-0.25, -0.2) is 0 Å². The molecular weight excluding hydrogens is 118 g/mol. The third kappa shape index (κ3) is 0.525. The summed E-state index contributed by atoms with van der Waals surface area (Å²) < 4.78 is 0. The molecule has 1 aliphatic carbocycles. The second-order valence-corrected chi connectivity index (χ2v) is 2.78. The molecule has 0 aromatic rings. The number of amides is 1. The molecule has 2 aliphatic rings. The van der Waals surface area contributed by atoms with E-state index in [4.69, 9.17) is 5.11 Å². The molecule has 0 radical (unpaired) electrons. The molecule has 1 saturated carbocycles. The first-order valence-corrected chi connectivity index (χ1v) is 3.23. The fourth-order valence-corrected chi connectivity index (χ4v) is 1.70. The molecule has 1 aliphatic heterocycles. The minimum Gasteiger partial charge on any atom is -0.396 e. The molecule has 0 bridgehead atoms. The van der Waals surface area contributed by atoms with Crippen molar-refractivity contribution in [3.05, 3.63) is 0 Å². The lowest BCUT2D eigenvalue weighted by atomic mass is 10.3. The van der Waals surface area contributed by atoms with E-state index in [9.17, 15) is 4.79 Å². The molecule has 3 nitrogen and oxygen atoms in total. The first kappa shape index (κ1) is 5.23. The number of nitrogens with one attached hydrogen (secondary N) is 1. The lowest BCUT2D eigenvalue weighted by Crippen LogP contribution is -2.22. The maximum atomic E-state index is 10.8. The highest BCUT2D eigenvalue weighted by Gasteiger charge is 2.57. The molecule has 0 spiro atoms. The minimum atomic E-state index is 0.138. The van der Waals surface area contributed by atoms with Crippen LogP contribution in [0.3, 0.4) is 0 Å². The number of piperidine rings is 1. The average Bonchev–Trinajstić information content (AvgIpc) is 2.46. The van der Waals surface area contributed by atoms with Crippen LogP contribution in [-0.4, -0.2) is 24.2 Å². The SMILES string of the molecule is O=C1NC[C@H]2[C@@H](CO)[C@@H]12. The van der Waals surface area contributed by atoms with Gasteiger partial charge in [-0.15, -0.1) is 0 Å². The van der Waals surface area contributed by atoms with E-state index >= 15 is 0 Å². The first-order valence-electron chi connectivity index (χ1n) is 3.23. The summed E-state index contributed by atoms with van der Waals surface area (Å²) in [6.45, 7) is 0.970. The Morgan fingerprint density at radius 2 is 2.56 bits per heavy atom. The molecular formula is C6H9NO2. The summed E-state index contributed by atoms with van der Waals surface area (Å²) in [5, 5.41) is 11.4. The van der Waals surface area contributed by atoms with Gasteiger partial charge in [0.1, 0.15) is 0 Å². The van der Waals surface area contributed by atoms with Crippen LogP contribution in [0, 0.1) is 17.8 Å². The highest BCUT2D eigenvalue weighted by molar-refractivity contribution is 5.85. The molecule has 2 rings (SSSR count). The molecule has 3 atom stereocenters. The molecule has 0 aromatic heterocycles. The van der Waals surface area contributed by atoms with E-state index in [2.05, 4.69) is 5.32 Å².